The minimum atomic E-state index is -0.773. The van der Waals surface area contributed by atoms with Gasteiger partial charge in [0, 0.05) is 23.3 Å². The molecule has 0 fully saturated rings. The zero-order valence-corrected chi connectivity index (χ0v) is 21.2. The maximum absolute atomic E-state index is 12.3. The molecular weight excluding hydrogens is 584 g/mol. The van der Waals surface area contributed by atoms with Crippen molar-refractivity contribution in [2.75, 3.05) is 5.73 Å². The fraction of sp³-hybridized carbons (Fsp3) is 0.0435. The van der Waals surface area contributed by atoms with E-state index >= 15 is 0 Å². The van der Waals surface area contributed by atoms with Gasteiger partial charge in [-0.15, -0.1) is 0 Å². The molecule has 35 heavy (non-hydrogen) atoms. The summed E-state index contributed by atoms with van der Waals surface area (Å²) in [4.78, 5) is 23.2. The van der Waals surface area contributed by atoms with E-state index in [0.29, 0.717) is 28.3 Å². The number of hydrogen-bond donors (Lipinski definition) is 2. The molecule has 0 aliphatic heterocycles. The number of nitrogens with zero attached hydrogens (tertiary/aromatic N) is 3. The van der Waals surface area contributed by atoms with Crippen LogP contribution in [-0.4, -0.2) is 20.6 Å². The summed E-state index contributed by atoms with van der Waals surface area (Å²) in [6.45, 7) is 0.362. The normalized spacial score (nSPS) is 11.1. The molecule has 1 unspecified atom stereocenters. The van der Waals surface area contributed by atoms with Gasteiger partial charge in [-0.2, -0.15) is 5.10 Å². The number of para-hydroxylation sites is 1. The molecule has 0 aliphatic carbocycles. The highest BCUT2D eigenvalue weighted by atomic mass is 127. The van der Waals surface area contributed by atoms with Crippen molar-refractivity contribution in [3.8, 4) is 28.4 Å². The van der Waals surface area contributed by atoms with E-state index in [1.165, 1.54) is 16.8 Å². The maximum atomic E-state index is 12.3. The summed E-state index contributed by atoms with van der Waals surface area (Å²) in [5.74, 6) is 0.464. The fourth-order valence-corrected chi connectivity index (χ4v) is 4.13. The lowest BCUT2D eigenvalue weighted by molar-refractivity contribution is -0.384. The predicted octanol–water partition coefficient (Wildman–Crippen LogP) is 5.38. The van der Waals surface area contributed by atoms with Crippen LogP contribution in [0.2, 0.25) is 0 Å². The summed E-state index contributed by atoms with van der Waals surface area (Å²) in [7, 11) is 0. The number of carbonyl (C=O) groups is 1. The average molecular weight is 603 g/mol. The molecule has 0 saturated heterocycles. The Labute approximate surface area is 214 Å². The number of nitro groups is 1. The Balaban J connectivity index is 1.78. The second kappa shape index (κ2) is 10.8. The Morgan fingerprint density at radius 2 is 1.77 bits per heavy atom. The first-order valence-corrected chi connectivity index (χ1v) is 14.2. The molecule has 0 saturated carbocycles. The highest BCUT2D eigenvalue weighted by Crippen LogP contribution is 2.34. The highest BCUT2D eigenvalue weighted by Gasteiger charge is 2.24. The quantitative estimate of drug-likeness (QED) is 0.113. The Kier molecular flexibility index (Phi) is 7.59. The van der Waals surface area contributed by atoms with E-state index in [-0.39, 0.29) is 35.8 Å². The van der Waals surface area contributed by atoms with Gasteiger partial charge in [-0.3, -0.25) is 14.9 Å². The zero-order chi connectivity index (χ0) is 24.9. The van der Waals surface area contributed by atoms with Crippen molar-refractivity contribution in [3.05, 3.63) is 94.0 Å². The number of nitrogens with two attached hydrogens (primary N) is 2. The number of nitrogen functional groups attached to an aromatic ring is 1. The smallest absolute Gasteiger partial charge is 0.271 e. The fourth-order valence-electron chi connectivity index (χ4n) is 3.46. The van der Waals surface area contributed by atoms with Crippen molar-refractivity contribution < 1.29 is 19.0 Å². The number of carbonyl (C=O) groups excluding carboxylic acids is 1. The van der Waals surface area contributed by atoms with Crippen LogP contribution in [0.4, 0.5) is 11.5 Å². The van der Waals surface area contributed by atoms with Crippen molar-refractivity contribution in [2.24, 2.45) is 5.73 Å². The molecule has 1 aromatic heterocycles. The van der Waals surface area contributed by atoms with Gasteiger partial charge in [0.2, 0.25) is 0 Å². The van der Waals surface area contributed by atoms with Gasteiger partial charge in [-0.05, 0) is 64.5 Å². The first-order valence-electron chi connectivity index (χ1n) is 10.2. The van der Waals surface area contributed by atoms with Gasteiger partial charge in [0.15, 0.2) is 0 Å². The molecule has 178 valence electrons. The molecule has 4 rings (SSSR count). The summed E-state index contributed by atoms with van der Waals surface area (Å²) >= 11 is 2.08. The van der Waals surface area contributed by atoms with Crippen molar-refractivity contribution in [1.29, 1.82) is 0 Å². The molecule has 10 nitrogen and oxygen atoms in total. The van der Waals surface area contributed by atoms with E-state index in [2.05, 4.69) is 27.1 Å². The zero-order valence-electron chi connectivity index (χ0n) is 18.1. The maximum Gasteiger partial charge on any atom is 0.271 e. The number of primary amides is 1. The third kappa shape index (κ3) is 5.42. The lowest BCUT2D eigenvalue weighted by Gasteiger charge is -2.11. The van der Waals surface area contributed by atoms with Gasteiger partial charge >= 0.3 is 0 Å². The third-order valence-corrected chi connectivity index (χ3v) is 6.25. The van der Waals surface area contributed by atoms with E-state index in [4.69, 9.17) is 20.7 Å². The number of nitro benzene ring substituents is 1. The van der Waals surface area contributed by atoms with Crippen LogP contribution in [0, 0.1) is 10.1 Å². The molecule has 0 radical (unpaired) electrons. The number of benzene rings is 3. The standard InChI is InChI=1S/C23H19IN5O5P/c24-35-33-13-15-6-9-16(29(31)32)12-19(15)28-22(25)20(23(26)30)21(27-28)14-7-10-18(11-8-14)34-17-4-2-1-3-5-17/h1-12,35H,13,25H2,(H2,26,30). The predicted molar refractivity (Wildman–Crippen MR) is 142 cm³/mol. The summed E-state index contributed by atoms with van der Waals surface area (Å²) in [5.41, 5.74) is 13.5. The molecule has 1 heterocycles. The monoisotopic (exact) mass is 603 g/mol. The SMILES string of the molecule is NC(=O)c1c(-c2ccc(Oc3ccccc3)cc2)nn(-c2cc([N+](=O)[O-])ccc2COPI)c1N. The Morgan fingerprint density at radius 3 is 2.40 bits per heavy atom. The van der Waals surface area contributed by atoms with Crippen molar-refractivity contribution in [3.63, 3.8) is 0 Å². The summed E-state index contributed by atoms with van der Waals surface area (Å²) < 4.78 is 12.6. The van der Waals surface area contributed by atoms with Crippen molar-refractivity contribution in [2.45, 2.75) is 6.61 Å². The van der Waals surface area contributed by atoms with Crippen LogP contribution in [0.1, 0.15) is 15.9 Å². The van der Waals surface area contributed by atoms with Crippen LogP contribution in [0.3, 0.4) is 0 Å². The van der Waals surface area contributed by atoms with Crippen LogP contribution >= 0.6 is 28.5 Å². The van der Waals surface area contributed by atoms with Gasteiger partial charge in [0.1, 0.15) is 28.6 Å². The summed E-state index contributed by atoms with van der Waals surface area (Å²) in [6, 6.07) is 20.5. The van der Waals surface area contributed by atoms with Gasteiger partial charge in [-0.25, -0.2) is 4.68 Å². The summed E-state index contributed by atoms with van der Waals surface area (Å²) in [6.07, 6.45) is 0. The molecule has 0 bridgehead atoms. The number of amides is 1. The molecule has 1 amide bonds. The molecular formula is C23H19IN5O5P. The van der Waals surface area contributed by atoms with Gasteiger partial charge < -0.3 is 20.7 Å². The molecule has 0 spiro atoms. The first kappa shape index (κ1) is 24.6. The summed E-state index contributed by atoms with van der Waals surface area (Å²) in [5, 5.41) is 15.9. The molecule has 12 heteroatoms. The van der Waals surface area contributed by atoms with Crippen LogP contribution in [0.15, 0.2) is 72.8 Å². The van der Waals surface area contributed by atoms with Crippen LogP contribution in [-0.2, 0) is 11.1 Å². The van der Waals surface area contributed by atoms with E-state index < -0.39 is 10.8 Å². The van der Waals surface area contributed by atoms with Crippen molar-refractivity contribution >= 4 is 45.9 Å². The van der Waals surface area contributed by atoms with Crippen molar-refractivity contribution in [1.82, 2.24) is 9.78 Å². The lowest BCUT2D eigenvalue weighted by atomic mass is 10.1. The van der Waals surface area contributed by atoms with E-state index in [1.807, 2.05) is 30.3 Å². The number of rotatable bonds is 9. The van der Waals surface area contributed by atoms with E-state index in [0.717, 1.165) is 0 Å². The Morgan fingerprint density at radius 1 is 1.09 bits per heavy atom. The highest BCUT2D eigenvalue weighted by molar-refractivity contribution is 14.2. The second-order valence-electron chi connectivity index (χ2n) is 7.26. The molecule has 4 N–H and O–H groups in total. The van der Waals surface area contributed by atoms with Crippen LogP contribution in [0.5, 0.6) is 11.5 Å². The van der Waals surface area contributed by atoms with E-state index in [1.54, 1.807) is 30.3 Å². The number of anilines is 1. The minimum Gasteiger partial charge on any atom is -0.457 e. The number of non-ortho nitro benzene ring substituents is 1. The number of hydrogen-bond acceptors (Lipinski definition) is 7. The second-order valence-corrected chi connectivity index (χ2v) is 9.02. The number of ether oxygens (including phenoxy) is 1. The minimum absolute atomic E-state index is 0.0101. The topological polar surface area (TPSA) is 149 Å². The number of halogens is 1. The van der Waals surface area contributed by atoms with Gasteiger partial charge in [0.25, 0.3) is 11.6 Å². The van der Waals surface area contributed by atoms with Crippen LogP contribution < -0.4 is 16.2 Å². The molecule has 1 atom stereocenters. The average Bonchev–Trinajstić information content (AvgIpc) is 3.20. The largest absolute Gasteiger partial charge is 0.457 e. The third-order valence-electron chi connectivity index (χ3n) is 5.06. The van der Waals surface area contributed by atoms with Crippen LogP contribution in [0.25, 0.3) is 16.9 Å². The lowest BCUT2D eigenvalue weighted by Crippen LogP contribution is -2.14. The molecule has 4 aromatic rings. The van der Waals surface area contributed by atoms with E-state index in [9.17, 15) is 14.9 Å². The number of aromatic nitrogens is 2. The molecule has 3 aromatic carbocycles. The molecule has 0 aliphatic rings. The Hall–Kier alpha value is -3.54. The Bertz CT molecular complexity index is 1380. The van der Waals surface area contributed by atoms with Gasteiger partial charge in [-0.1, -0.05) is 18.2 Å². The first-order chi connectivity index (χ1) is 16.9. The van der Waals surface area contributed by atoms with Gasteiger partial charge in [0.05, 0.1) is 23.7 Å².